The maximum absolute atomic E-state index is 12.2. The first-order valence-electron chi connectivity index (χ1n) is 6.98. The van der Waals surface area contributed by atoms with E-state index in [-0.39, 0.29) is 5.63 Å². The third kappa shape index (κ3) is 2.88. The quantitative estimate of drug-likeness (QED) is 0.868. The van der Waals surface area contributed by atoms with E-state index in [0.717, 1.165) is 17.8 Å². The Balaban J connectivity index is 1.87. The number of hydrogen-bond acceptors (Lipinski definition) is 4. The Labute approximate surface area is 133 Å². The van der Waals surface area contributed by atoms with Gasteiger partial charge in [-0.2, -0.15) is 0 Å². The minimum atomic E-state index is -0.326. The molecule has 0 atom stereocenters. The fourth-order valence-corrected chi connectivity index (χ4v) is 2.59. The molecule has 3 rings (SSSR count). The van der Waals surface area contributed by atoms with Crippen molar-refractivity contribution >= 4 is 22.9 Å². The van der Waals surface area contributed by atoms with Gasteiger partial charge in [0.05, 0.1) is 11.3 Å². The Hall–Kier alpha value is -2.20. The van der Waals surface area contributed by atoms with E-state index in [0.29, 0.717) is 28.7 Å². The van der Waals surface area contributed by atoms with Gasteiger partial charge in [0.1, 0.15) is 18.1 Å². The van der Waals surface area contributed by atoms with Gasteiger partial charge in [0.2, 0.25) is 0 Å². The van der Waals surface area contributed by atoms with Crippen molar-refractivity contribution in [2.75, 3.05) is 25.1 Å². The molecule has 114 valence electrons. The molecule has 0 spiro atoms. The molecule has 0 saturated carbocycles. The minimum absolute atomic E-state index is 0.316. The van der Waals surface area contributed by atoms with E-state index in [2.05, 4.69) is 0 Å². The second kappa shape index (κ2) is 5.89. The summed E-state index contributed by atoms with van der Waals surface area (Å²) in [6.07, 6.45) is 1.99. The van der Waals surface area contributed by atoms with E-state index in [4.69, 9.17) is 20.8 Å². The van der Waals surface area contributed by atoms with Crippen molar-refractivity contribution in [3.05, 3.63) is 63.2 Å². The smallest absolute Gasteiger partial charge is 0.345 e. The van der Waals surface area contributed by atoms with Crippen LogP contribution in [0, 0.1) is 6.92 Å². The summed E-state index contributed by atoms with van der Waals surface area (Å²) in [5, 5.41) is 0.660. The average Bonchev–Trinajstić information content (AvgIpc) is 2.48. The van der Waals surface area contributed by atoms with Gasteiger partial charge >= 0.3 is 5.63 Å². The number of rotatable bonds is 3. The molecule has 0 radical (unpaired) electrons. The molecular formula is C17H16ClNO3. The number of benzene rings is 1. The number of ether oxygens (including phenoxy) is 1. The Morgan fingerprint density at radius 1 is 1.32 bits per heavy atom. The van der Waals surface area contributed by atoms with Crippen LogP contribution in [0.5, 0.6) is 5.75 Å². The maximum atomic E-state index is 12.2. The average molecular weight is 318 g/mol. The van der Waals surface area contributed by atoms with Crippen molar-refractivity contribution < 1.29 is 9.15 Å². The molecule has 0 fully saturated rings. The van der Waals surface area contributed by atoms with E-state index in [9.17, 15) is 4.79 Å². The van der Waals surface area contributed by atoms with Gasteiger partial charge in [-0.25, -0.2) is 4.79 Å². The molecule has 0 bridgehead atoms. The molecule has 1 aromatic carbocycles. The van der Waals surface area contributed by atoms with Crippen LogP contribution in [-0.2, 0) is 0 Å². The molecule has 4 nitrogen and oxygen atoms in total. The van der Waals surface area contributed by atoms with Crippen LogP contribution >= 0.6 is 11.6 Å². The first-order chi connectivity index (χ1) is 10.5. The van der Waals surface area contributed by atoms with E-state index in [1.165, 1.54) is 0 Å². The molecule has 0 N–H and O–H groups in total. The lowest BCUT2D eigenvalue weighted by Gasteiger charge is -2.26. The van der Waals surface area contributed by atoms with Crippen LogP contribution in [0.1, 0.15) is 11.3 Å². The minimum Gasteiger partial charge on any atom is -0.489 e. The van der Waals surface area contributed by atoms with Crippen LogP contribution in [-0.4, -0.2) is 20.2 Å². The second-order valence-electron chi connectivity index (χ2n) is 5.26. The maximum Gasteiger partial charge on any atom is 0.345 e. The number of nitrogens with zero attached hydrogens (tertiary/aromatic N) is 1. The zero-order valence-corrected chi connectivity index (χ0v) is 13.2. The zero-order valence-electron chi connectivity index (χ0n) is 12.4. The van der Waals surface area contributed by atoms with Gasteiger partial charge in [-0.1, -0.05) is 17.7 Å². The highest BCUT2D eigenvalue weighted by Crippen LogP contribution is 2.29. The van der Waals surface area contributed by atoms with E-state index in [1.54, 1.807) is 31.2 Å². The van der Waals surface area contributed by atoms with Crippen LogP contribution in [0.25, 0.3) is 5.57 Å². The summed E-state index contributed by atoms with van der Waals surface area (Å²) in [5.41, 5.74) is 1.98. The summed E-state index contributed by atoms with van der Waals surface area (Å²) in [4.78, 5) is 14.2. The molecule has 22 heavy (non-hydrogen) atoms. The summed E-state index contributed by atoms with van der Waals surface area (Å²) in [7, 11) is 1.95. The molecule has 1 aliphatic heterocycles. The molecule has 0 amide bonds. The Morgan fingerprint density at radius 2 is 2.05 bits per heavy atom. The second-order valence-corrected chi connectivity index (χ2v) is 5.69. The summed E-state index contributed by atoms with van der Waals surface area (Å²) < 4.78 is 11.0. The molecule has 0 aliphatic carbocycles. The van der Waals surface area contributed by atoms with Crippen molar-refractivity contribution in [3.8, 4) is 5.75 Å². The van der Waals surface area contributed by atoms with E-state index < -0.39 is 0 Å². The summed E-state index contributed by atoms with van der Waals surface area (Å²) in [5.74, 6) is 1.32. The summed E-state index contributed by atoms with van der Waals surface area (Å²) in [6.45, 7) is 2.82. The number of fused-ring (bicyclic) bond motifs is 1. The standard InChI is InChI=1S/C17H16ClNO3/c1-11-9-15-16(17(20)22-11)12(7-8-19(15)2)10-21-14-5-3-13(18)4-6-14/h3-7,9H,8,10H2,1-2H3. The Kier molecular flexibility index (Phi) is 3.94. The molecule has 2 heterocycles. The van der Waals surface area contributed by atoms with Gasteiger partial charge in [-0.3, -0.25) is 0 Å². The lowest BCUT2D eigenvalue weighted by molar-refractivity contribution is 0.368. The lowest BCUT2D eigenvalue weighted by Crippen LogP contribution is -2.27. The van der Waals surface area contributed by atoms with Crippen molar-refractivity contribution in [2.45, 2.75) is 6.92 Å². The lowest BCUT2D eigenvalue weighted by atomic mass is 10.0. The third-order valence-corrected chi connectivity index (χ3v) is 3.86. The van der Waals surface area contributed by atoms with Crippen LogP contribution in [0.15, 0.2) is 45.6 Å². The molecule has 5 heteroatoms. The SMILES string of the molecule is Cc1cc2c(c(=O)o1)C(COc1ccc(Cl)cc1)=CCN2C. The molecule has 0 unspecified atom stereocenters. The number of halogens is 1. The predicted molar refractivity (Wildman–Crippen MR) is 87.9 cm³/mol. The van der Waals surface area contributed by atoms with Crippen molar-refractivity contribution in [1.82, 2.24) is 0 Å². The van der Waals surface area contributed by atoms with Crippen molar-refractivity contribution in [1.29, 1.82) is 0 Å². The first kappa shape index (κ1) is 14.7. The normalized spacial score (nSPS) is 13.6. The fraction of sp³-hybridized carbons (Fsp3) is 0.235. The van der Waals surface area contributed by atoms with Gasteiger partial charge < -0.3 is 14.1 Å². The van der Waals surface area contributed by atoms with Gasteiger partial charge in [-0.15, -0.1) is 0 Å². The van der Waals surface area contributed by atoms with E-state index in [1.807, 2.05) is 24.1 Å². The highest BCUT2D eigenvalue weighted by Gasteiger charge is 2.21. The number of hydrogen-bond donors (Lipinski definition) is 0. The highest BCUT2D eigenvalue weighted by atomic mass is 35.5. The first-order valence-corrected chi connectivity index (χ1v) is 7.36. The van der Waals surface area contributed by atoms with Crippen LogP contribution < -0.4 is 15.3 Å². The fourth-order valence-electron chi connectivity index (χ4n) is 2.46. The van der Waals surface area contributed by atoms with E-state index >= 15 is 0 Å². The largest absolute Gasteiger partial charge is 0.489 e. The van der Waals surface area contributed by atoms with Gasteiger partial charge in [0.25, 0.3) is 0 Å². The molecule has 2 aromatic rings. The molecule has 1 aliphatic rings. The summed E-state index contributed by atoms with van der Waals surface area (Å²) >= 11 is 5.85. The predicted octanol–water partition coefficient (Wildman–Crippen LogP) is 3.51. The zero-order chi connectivity index (χ0) is 15.7. The van der Waals surface area contributed by atoms with Crippen molar-refractivity contribution in [2.24, 2.45) is 0 Å². The summed E-state index contributed by atoms with van der Waals surface area (Å²) in [6, 6.07) is 9.02. The van der Waals surface area contributed by atoms with Crippen LogP contribution in [0.2, 0.25) is 5.02 Å². The molecule has 0 saturated heterocycles. The molecule has 1 aromatic heterocycles. The van der Waals surface area contributed by atoms with Crippen LogP contribution in [0.4, 0.5) is 5.69 Å². The topological polar surface area (TPSA) is 42.7 Å². The monoisotopic (exact) mass is 317 g/mol. The van der Waals surface area contributed by atoms with Gasteiger partial charge in [-0.05, 0) is 31.2 Å². The Bertz CT molecular complexity index is 777. The van der Waals surface area contributed by atoms with Crippen LogP contribution in [0.3, 0.4) is 0 Å². The third-order valence-electron chi connectivity index (χ3n) is 3.61. The number of aryl methyl sites for hydroxylation is 1. The van der Waals surface area contributed by atoms with Gasteiger partial charge in [0.15, 0.2) is 0 Å². The number of likely N-dealkylation sites (N-methyl/N-ethyl adjacent to an activating group) is 1. The Morgan fingerprint density at radius 3 is 2.77 bits per heavy atom. The number of anilines is 1. The molecular weight excluding hydrogens is 302 g/mol. The van der Waals surface area contributed by atoms with Gasteiger partial charge in [0, 0.05) is 30.3 Å². The van der Waals surface area contributed by atoms with Crippen molar-refractivity contribution in [3.63, 3.8) is 0 Å². The highest BCUT2D eigenvalue weighted by molar-refractivity contribution is 6.30.